The summed E-state index contributed by atoms with van der Waals surface area (Å²) in [5.41, 5.74) is 0.0967. The molecule has 1 unspecified atom stereocenters. The van der Waals surface area contributed by atoms with E-state index in [4.69, 9.17) is 9.47 Å². The summed E-state index contributed by atoms with van der Waals surface area (Å²) < 4.78 is 11.1. The molecule has 1 atom stereocenters. The normalized spacial score (nSPS) is 21.4. The molecule has 1 N–H and O–H groups in total. The molecule has 1 aliphatic carbocycles. The van der Waals surface area contributed by atoms with Crippen molar-refractivity contribution in [3.63, 3.8) is 0 Å². The summed E-state index contributed by atoms with van der Waals surface area (Å²) in [6.07, 6.45) is 4.25. The van der Waals surface area contributed by atoms with Crippen molar-refractivity contribution in [2.24, 2.45) is 0 Å². The van der Waals surface area contributed by atoms with E-state index in [1.807, 2.05) is 25.1 Å². The second-order valence-electron chi connectivity index (χ2n) is 8.02. The Kier molecular flexibility index (Phi) is 5.10. The van der Waals surface area contributed by atoms with Crippen LogP contribution in [0.15, 0.2) is 18.2 Å². The van der Waals surface area contributed by atoms with Gasteiger partial charge < -0.3 is 19.7 Å². The largest absolute Gasteiger partial charge is 0.486 e. The number of carbonyl (C=O) groups is 3. The number of rotatable bonds is 4. The van der Waals surface area contributed by atoms with Crippen molar-refractivity contribution in [2.45, 2.75) is 50.6 Å². The molecule has 1 saturated heterocycles. The Bertz CT molecular complexity index is 834. The Morgan fingerprint density at radius 3 is 2.55 bits per heavy atom. The molecular weight excluding hydrogens is 374 g/mol. The van der Waals surface area contributed by atoms with Gasteiger partial charge in [0.15, 0.2) is 11.5 Å². The van der Waals surface area contributed by atoms with Crippen LogP contribution in [0.25, 0.3) is 0 Å². The molecule has 3 aliphatic rings. The van der Waals surface area contributed by atoms with Crippen molar-refractivity contribution in [1.29, 1.82) is 0 Å². The average Bonchev–Trinajstić information content (AvgIpc) is 2.90. The molecule has 4 amide bonds. The second-order valence-corrected chi connectivity index (χ2v) is 8.02. The van der Waals surface area contributed by atoms with E-state index in [-0.39, 0.29) is 30.4 Å². The van der Waals surface area contributed by atoms with Crippen molar-refractivity contribution < 1.29 is 23.9 Å². The third-order valence-corrected chi connectivity index (χ3v) is 6.23. The topological polar surface area (TPSA) is 88.2 Å². The highest BCUT2D eigenvalue weighted by molar-refractivity contribution is 6.08. The summed E-state index contributed by atoms with van der Waals surface area (Å²) in [6, 6.07) is 4.85. The molecule has 1 saturated carbocycles. The lowest BCUT2D eigenvalue weighted by Crippen LogP contribution is -2.49. The number of likely N-dealkylation sites (N-methyl/N-ethyl adjacent to an activating group) is 1. The summed E-state index contributed by atoms with van der Waals surface area (Å²) in [4.78, 5) is 40.9. The van der Waals surface area contributed by atoms with E-state index in [1.54, 1.807) is 7.05 Å². The number of hydrogen-bond acceptors (Lipinski definition) is 5. The van der Waals surface area contributed by atoms with E-state index >= 15 is 0 Å². The van der Waals surface area contributed by atoms with Gasteiger partial charge in [-0.25, -0.2) is 4.79 Å². The van der Waals surface area contributed by atoms with Gasteiger partial charge in [-0.3, -0.25) is 14.5 Å². The zero-order valence-electron chi connectivity index (χ0n) is 16.9. The minimum absolute atomic E-state index is 0.244. The van der Waals surface area contributed by atoms with Gasteiger partial charge in [-0.1, -0.05) is 25.3 Å². The SMILES string of the molecule is CC(NC(=O)CN1C(=O)N(C)C2(CCCCC2)C1=O)c1ccc2c(c1)OCCO2. The standard InChI is InChI=1S/C21H27N3O5/c1-14(15-6-7-16-17(12-15)29-11-10-28-16)22-18(25)13-24-19(26)21(23(2)20(24)27)8-4-3-5-9-21/h6-7,12,14H,3-5,8-11,13H2,1-2H3,(H,22,25). The number of nitrogens with one attached hydrogen (secondary N) is 1. The summed E-state index contributed by atoms with van der Waals surface area (Å²) in [5, 5.41) is 2.88. The fourth-order valence-corrected chi connectivity index (χ4v) is 4.51. The van der Waals surface area contributed by atoms with Crippen LogP contribution in [0.5, 0.6) is 11.5 Å². The van der Waals surface area contributed by atoms with E-state index in [9.17, 15) is 14.4 Å². The molecule has 1 spiro atoms. The first-order valence-corrected chi connectivity index (χ1v) is 10.2. The van der Waals surface area contributed by atoms with Crippen LogP contribution in [-0.4, -0.2) is 60.0 Å². The Balaban J connectivity index is 1.41. The third-order valence-electron chi connectivity index (χ3n) is 6.23. The van der Waals surface area contributed by atoms with Gasteiger partial charge in [0.1, 0.15) is 25.3 Å². The molecule has 1 aromatic carbocycles. The lowest BCUT2D eigenvalue weighted by Gasteiger charge is -2.35. The number of benzene rings is 1. The third kappa shape index (κ3) is 3.41. The first-order valence-electron chi connectivity index (χ1n) is 10.2. The molecule has 0 radical (unpaired) electrons. The summed E-state index contributed by atoms with van der Waals surface area (Å²) in [6.45, 7) is 2.60. The van der Waals surface area contributed by atoms with Crippen LogP contribution < -0.4 is 14.8 Å². The van der Waals surface area contributed by atoms with E-state index in [0.717, 1.165) is 29.7 Å². The molecule has 8 nitrogen and oxygen atoms in total. The van der Waals surface area contributed by atoms with E-state index in [2.05, 4.69) is 5.32 Å². The Hall–Kier alpha value is -2.77. The summed E-state index contributed by atoms with van der Waals surface area (Å²) >= 11 is 0. The number of urea groups is 1. The van der Waals surface area contributed by atoms with Crippen LogP contribution >= 0.6 is 0 Å². The lowest BCUT2D eigenvalue weighted by atomic mass is 9.81. The fourth-order valence-electron chi connectivity index (χ4n) is 4.51. The van der Waals surface area contributed by atoms with Gasteiger partial charge in [0.25, 0.3) is 5.91 Å². The molecule has 4 rings (SSSR count). The number of fused-ring (bicyclic) bond motifs is 1. The highest BCUT2D eigenvalue weighted by Gasteiger charge is 2.55. The van der Waals surface area contributed by atoms with Gasteiger partial charge >= 0.3 is 6.03 Å². The van der Waals surface area contributed by atoms with Crippen LogP contribution in [0.3, 0.4) is 0 Å². The molecule has 1 aromatic rings. The fraction of sp³-hybridized carbons (Fsp3) is 0.571. The summed E-state index contributed by atoms with van der Waals surface area (Å²) in [7, 11) is 1.67. The zero-order chi connectivity index (χ0) is 20.6. The number of amides is 4. The number of imide groups is 1. The van der Waals surface area contributed by atoms with Crippen molar-refractivity contribution in [3.8, 4) is 11.5 Å². The number of nitrogens with zero attached hydrogens (tertiary/aromatic N) is 2. The maximum atomic E-state index is 13.0. The van der Waals surface area contributed by atoms with E-state index < -0.39 is 5.54 Å². The average molecular weight is 401 g/mol. The molecule has 8 heteroatoms. The number of carbonyl (C=O) groups excluding carboxylic acids is 3. The second kappa shape index (κ2) is 7.57. The van der Waals surface area contributed by atoms with Crippen LogP contribution in [0, 0.1) is 0 Å². The molecule has 2 fully saturated rings. The Morgan fingerprint density at radius 1 is 1.14 bits per heavy atom. The lowest BCUT2D eigenvalue weighted by molar-refractivity contribution is -0.137. The van der Waals surface area contributed by atoms with Crippen LogP contribution in [0.1, 0.15) is 50.6 Å². The molecule has 0 aromatic heterocycles. The monoisotopic (exact) mass is 401 g/mol. The Morgan fingerprint density at radius 2 is 1.83 bits per heavy atom. The first kappa shape index (κ1) is 19.5. The highest BCUT2D eigenvalue weighted by atomic mass is 16.6. The zero-order valence-corrected chi connectivity index (χ0v) is 16.9. The quantitative estimate of drug-likeness (QED) is 0.782. The van der Waals surface area contributed by atoms with Crippen molar-refractivity contribution >= 4 is 17.8 Å². The smallest absolute Gasteiger partial charge is 0.327 e. The van der Waals surface area contributed by atoms with Gasteiger partial charge in [0, 0.05) is 7.05 Å². The maximum absolute atomic E-state index is 13.0. The predicted molar refractivity (Wildman–Crippen MR) is 105 cm³/mol. The predicted octanol–water partition coefficient (Wildman–Crippen LogP) is 2.23. The molecule has 156 valence electrons. The minimum Gasteiger partial charge on any atom is -0.486 e. The van der Waals surface area contributed by atoms with Gasteiger partial charge in [0.2, 0.25) is 5.91 Å². The van der Waals surface area contributed by atoms with Crippen LogP contribution in [0.4, 0.5) is 4.79 Å². The van der Waals surface area contributed by atoms with E-state index in [0.29, 0.717) is 37.6 Å². The molecule has 2 heterocycles. The number of hydrogen-bond donors (Lipinski definition) is 1. The molecule has 0 bridgehead atoms. The molecule has 2 aliphatic heterocycles. The Labute approximate surface area is 170 Å². The van der Waals surface area contributed by atoms with Crippen molar-refractivity contribution in [2.75, 3.05) is 26.8 Å². The highest BCUT2D eigenvalue weighted by Crippen LogP contribution is 2.39. The maximum Gasteiger partial charge on any atom is 0.327 e. The number of ether oxygens (including phenoxy) is 2. The van der Waals surface area contributed by atoms with Gasteiger partial charge in [-0.05, 0) is 37.5 Å². The van der Waals surface area contributed by atoms with Gasteiger partial charge in [-0.15, -0.1) is 0 Å². The molecule has 29 heavy (non-hydrogen) atoms. The molecular formula is C21H27N3O5. The summed E-state index contributed by atoms with van der Waals surface area (Å²) in [5.74, 6) is 0.732. The first-order chi connectivity index (χ1) is 13.9. The van der Waals surface area contributed by atoms with Crippen molar-refractivity contribution in [3.05, 3.63) is 23.8 Å². The minimum atomic E-state index is -0.767. The van der Waals surface area contributed by atoms with Gasteiger partial charge in [-0.2, -0.15) is 0 Å². The van der Waals surface area contributed by atoms with Crippen LogP contribution in [0.2, 0.25) is 0 Å². The van der Waals surface area contributed by atoms with E-state index in [1.165, 1.54) is 4.90 Å². The van der Waals surface area contributed by atoms with Gasteiger partial charge in [0.05, 0.1) is 6.04 Å². The van der Waals surface area contributed by atoms with Crippen molar-refractivity contribution in [1.82, 2.24) is 15.1 Å². The van der Waals surface area contributed by atoms with Crippen LogP contribution in [-0.2, 0) is 9.59 Å².